The Morgan fingerprint density at radius 2 is 2.00 bits per heavy atom. The highest BCUT2D eigenvalue weighted by molar-refractivity contribution is 7.13. The van der Waals surface area contributed by atoms with Crippen LogP contribution in [0.4, 0.5) is 10.1 Å². The lowest BCUT2D eigenvalue weighted by molar-refractivity contribution is 0.0943. The Morgan fingerprint density at radius 3 is 2.63 bits per heavy atom. The molecule has 1 aromatic carbocycles. The van der Waals surface area contributed by atoms with E-state index in [0.717, 1.165) is 48.8 Å². The molecule has 8 heteroatoms. The van der Waals surface area contributed by atoms with Crippen LogP contribution in [-0.4, -0.2) is 54.1 Å². The third kappa shape index (κ3) is 4.63. The maximum atomic E-state index is 13.9. The van der Waals surface area contributed by atoms with Gasteiger partial charge in [0.2, 0.25) is 0 Å². The summed E-state index contributed by atoms with van der Waals surface area (Å²) in [7, 11) is 2.09. The fourth-order valence-electron chi connectivity index (χ4n) is 3.14. The van der Waals surface area contributed by atoms with Crippen LogP contribution in [0, 0.1) is 5.82 Å². The zero-order valence-electron chi connectivity index (χ0n) is 15.8. The molecule has 1 aromatic heterocycles. The molecule has 0 bridgehead atoms. The largest absolute Gasteiger partial charge is 0.386 e. The number of aliphatic hydroxyl groups excluding tert-OH is 1. The first-order chi connectivity index (χ1) is 12.8. The number of aromatic nitrogens is 1. The first kappa shape index (κ1) is 19.7. The molecule has 1 saturated heterocycles. The lowest BCUT2D eigenvalue weighted by Gasteiger charge is -2.36. The fourth-order valence-corrected chi connectivity index (χ4v) is 3.90. The Hall–Kier alpha value is -2.03. The molecule has 2 atom stereocenters. The van der Waals surface area contributed by atoms with E-state index in [-0.39, 0.29) is 17.8 Å². The summed E-state index contributed by atoms with van der Waals surface area (Å²) < 4.78 is 13.9. The van der Waals surface area contributed by atoms with Crippen molar-refractivity contribution in [2.45, 2.75) is 26.0 Å². The highest BCUT2D eigenvalue weighted by Crippen LogP contribution is 2.29. The molecule has 0 saturated carbocycles. The van der Waals surface area contributed by atoms with Gasteiger partial charge in [-0.2, -0.15) is 0 Å². The number of carbonyl (C=O) groups is 1. The number of halogens is 1. The summed E-state index contributed by atoms with van der Waals surface area (Å²) in [6.07, 6.45) is 0.753. The number of thiazole rings is 1. The number of carbonyl (C=O) groups excluding carboxylic acids is 1. The van der Waals surface area contributed by atoms with Gasteiger partial charge in [-0.1, -0.05) is 0 Å². The molecule has 3 rings (SSSR count). The van der Waals surface area contributed by atoms with Gasteiger partial charge in [-0.25, -0.2) is 9.37 Å². The van der Waals surface area contributed by atoms with Crippen molar-refractivity contribution in [3.05, 3.63) is 45.7 Å². The van der Waals surface area contributed by atoms with Crippen LogP contribution in [0.5, 0.6) is 0 Å². The zero-order valence-corrected chi connectivity index (χ0v) is 16.6. The number of nitrogens with zero attached hydrogens (tertiary/aromatic N) is 3. The molecule has 2 heterocycles. The van der Waals surface area contributed by atoms with Gasteiger partial charge in [-0.15, -0.1) is 11.3 Å². The molecule has 0 unspecified atom stereocenters. The average Bonchev–Trinajstić information content (AvgIpc) is 3.13. The SMILES string of the molecule is C[C@H](O)c1ncc(C(=O)N[C@H](C)c2cc(F)ccc2N2CCN(C)CC2)s1. The smallest absolute Gasteiger partial charge is 0.263 e. The topological polar surface area (TPSA) is 68.7 Å². The van der Waals surface area contributed by atoms with E-state index in [1.165, 1.54) is 18.3 Å². The van der Waals surface area contributed by atoms with Crippen LogP contribution in [0.2, 0.25) is 0 Å². The van der Waals surface area contributed by atoms with Gasteiger partial charge in [-0.05, 0) is 39.1 Å². The van der Waals surface area contributed by atoms with Gasteiger partial charge in [-0.3, -0.25) is 4.79 Å². The van der Waals surface area contributed by atoms with Gasteiger partial charge in [0.25, 0.3) is 5.91 Å². The lowest BCUT2D eigenvalue weighted by Crippen LogP contribution is -2.45. The van der Waals surface area contributed by atoms with Crippen molar-refractivity contribution in [1.29, 1.82) is 0 Å². The maximum absolute atomic E-state index is 13.9. The van der Waals surface area contributed by atoms with Crippen LogP contribution in [0.1, 0.15) is 46.2 Å². The van der Waals surface area contributed by atoms with Gasteiger partial charge in [0.1, 0.15) is 21.8 Å². The molecule has 2 aromatic rings. The van der Waals surface area contributed by atoms with Gasteiger partial charge in [0.05, 0.1) is 12.2 Å². The predicted octanol–water partition coefficient (Wildman–Crippen LogP) is 2.58. The minimum Gasteiger partial charge on any atom is -0.386 e. The van der Waals surface area contributed by atoms with E-state index in [2.05, 4.69) is 27.1 Å². The lowest BCUT2D eigenvalue weighted by atomic mass is 10.0. The van der Waals surface area contributed by atoms with Crippen LogP contribution in [0.3, 0.4) is 0 Å². The first-order valence-electron chi connectivity index (χ1n) is 9.02. The second kappa shape index (κ2) is 8.33. The van der Waals surface area contributed by atoms with Crippen LogP contribution in [0.25, 0.3) is 0 Å². The number of hydrogen-bond acceptors (Lipinski definition) is 6. The Labute approximate surface area is 162 Å². The van der Waals surface area contributed by atoms with Crippen LogP contribution < -0.4 is 10.2 Å². The maximum Gasteiger partial charge on any atom is 0.263 e. The van der Waals surface area contributed by atoms with Gasteiger partial charge in [0, 0.05) is 37.4 Å². The second-order valence-corrected chi connectivity index (χ2v) is 7.99. The molecule has 0 spiro atoms. The van der Waals surface area contributed by atoms with Crippen molar-refractivity contribution in [3.8, 4) is 0 Å². The summed E-state index contributed by atoms with van der Waals surface area (Å²) in [6.45, 7) is 7.08. The quantitative estimate of drug-likeness (QED) is 0.819. The monoisotopic (exact) mass is 392 g/mol. The van der Waals surface area contributed by atoms with Crippen LogP contribution in [-0.2, 0) is 0 Å². The number of anilines is 1. The average molecular weight is 393 g/mol. The Bertz CT molecular complexity index is 803. The summed E-state index contributed by atoms with van der Waals surface area (Å²) in [6, 6.07) is 4.38. The molecule has 27 heavy (non-hydrogen) atoms. The van der Waals surface area contributed by atoms with E-state index in [1.807, 2.05) is 6.92 Å². The van der Waals surface area contributed by atoms with Crippen molar-refractivity contribution in [3.63, 3.8) is 0 Å². The molecule has 1 aliphatic heterocycles. The Kier molecular flexibility index (Phi) is 6.08. The van der Waals surface area contributed by atoms with Gasteiger partial charge in [0.15, 0.2) is 0 Å². The Balaban J connectivity index is 1.78. The van der Waals surface area contributed by atoms with Crippen LogP contribution in [0.15, 0.2) is 24.4 Å². The van der Waals surface area contributed by atoms with Gasteiger partial charge >= 0.3 is 0 Å². The molecule has 1 aliphatic rings. The second-order valence-electron chi connectivity index (χ2n) is 6.93. The number of rotatable bonds is 5. The van der Waals surface area contributed by atoms with Crippen molar-refractivity contribution in [2.75, 3.05) is 38.1 Å². The van der Waals surface area contributed by atoms with E-state index in [4.69, 9.17) is 0 Å². The Morgan fingerprint density at radius 1 is 1.30 bits per heavy atom. The number of likely N-dealkylation sites (N-methyl/N-ethyl adjacent to an activating group) is 1. The summed E-state index contributed by atoms with van der Waals surface area (Å²) in [5.41, 5.74) is 1.71. The molecular formula is C19H25FN4O2S. The summed E-state index contributed by atoms with van der Waals surface area (Å²) in [4.78, 5) is 21.5. The normalized spacial score (nSPS) is 17.6. The van der Waals surface area contributed by atoms with E-state index in [0.29, 0.717) is 9.88 Å². The molecule has 0 radical (unpaired) electrons. The van der Waals surface area contributed by atoms with E-state index >= 15 is 0 Å². The van der Waals surface area contributed by atoms with Crippen molar-refractivity contribution < 1.29 is 14.3 Å². The van der Waals surface area contributed by atoms with Crippen molar-refractivity contribution in [1.82, 2.24) is 15.2 Å². The number of amides is 1. The summed E-state index contributed by atoms with van der Waals surface area (Å²) >= 11 is 1.16. The molecule has 1 fully saturated rings. The third-order valence-corrected chi connectivity index (χ3v) is 5.92. The summed E-state index contributed by atoms with van der Waals surface area (Å²) in [5, 5.41) is 13.0. The molecule has 0 aliphatic carbocycles. The minimum absolute atomic E-state index is 0.277. The molecule has 2 N–H and O–H groups in total. The predicted molar refractivity (Wildman–Crippen MR) is 105 cm³/mol. The minimum atomic E-state index is -0.707. The van der Waals surface area contributed by atoms with Crippen molar-refractivity contribution >= 4 is 22.9 Å². The molecule has 6 nitrogen and oxygen atoms in total. The van der Waals surface area contributed by atoms with E-state index in [1.54, 1.807) is 13.0 Å². The van der Waals surface area contributed by atoms with Crippen molar-refractivity contribution in [2.24, 2.45) is 0 Å². The van der Waals surface area contributed by atoms with Crippen LogP contribution >= 0.6 is 11.3 Å². The number of aliphatic hydroxyl groups is 1. The molecule has 146 valence electrons. The number of hydrogen-bond donors (Lipinski definition) is 2. The van der Waals surface area contributed by atoms with E-state index in [9.17, 15) is 14.3 Å². The number of nitrogens with one attached hydrogen (secondary N) is 1. The van der Waals surface area contributed by atoms with E-state index < -0.39 is 6.10 Å². The number of benzene rings is 1. The highest BCUT2D eigenvalue weighted by Gasteiger charge is 2.22. The van der Waals surface area contributed by atoms with Gasteiger partial charge < -0.3 is 20.2 Å². The standard InChI is InChI=1S/C19H25FN4O2S/c1-12(22-18(26)17-11-21-19(27-17)13(2)25)15-10-14(20)4-5-16(15)24-8-6-23(3)7-9-24/h4-5,10-13,25H,6-9H2,1-3H3,(H,22,26)/t12-,13+/m1/s1. The molecule has 1 amide bonds. The number of piperazine rings is 1. The third-order valence-electron chi connectivity index (χ3n) is 4.75. The zero-order chi connectivity index (χ0) is 19.6. The molecular weight excluding hydrogens is 367 g/mol. The highest BCUT2D eigenvalue weighted by atomic mass is 32.1. The first-order valence-corrected chi connectivity index (χ1v) is 9.84. The summed E-state index contributed by atoms with van der Waals surface area (Å²) in [5.74, 6) is -0.598. The fraction of sp³-hybridized carbons (Fsp3) is 0.474.